The molecule has 3 heteroatoms. The molecule has 3 nitrogen and oxygen atoms in total. The van der Waals surface area contributed by atoms with Crippen molar-refractivity contribution in [3.63, 3.8) is 0 Å². The molecule has 3 aromatic carbocycles. The van der Waals surface area contributed by atoms with E-state index in [0.717, 1.165) is 27.6 Å². The van der Waals surface area contributed by atoms with Crippen molar-refractivity contribution < 1.29 is 4.74 Å². The molecule has 0 aliphatic rings. The molecule has 3 rings (SSSR count). The van der Waals surface area contributed by atoms with Gasteiger partial charge in [-0.15, -0.1) is 0 Å². The van der Waals surface area contributed by atoms with Crippen LogP contribution in [0.2, 0.25) is 0 Å². The lowest BCUT2D eigenvalue weighted by molar-refractivity contribution is 0.310. The van der Waals surface area contributed by atoms with Gasteiger partial charge in [0.25, 0.3) is 0 Å². The molecule has 0 spiro atoms. The van der Waals surface area contributed by atoms with Gasteiger partial charge in [-0.3, -0.25) is 5.41 Å². The number of nitrogens with one attached hydrogen (secondary N) is 1. The predicted octanol–water partition coefficient (Wildman–Crippen LogP) is 3.70. The van der Waals surface area contributed by atoms with E-state index in [0.29, 0.717) is 6.61 Å². The summed E-state index contributed by atoms with van der Waals surface area (Å²) < 4.78 is 5.93. The van der Waals surface area contributed by atoms with Crippen molar-refractivity contribution >= 4 is 16.6 Å². The summed E-state index contributed by atoms with van der Waals surface area (Å²) in [6, 6.07) is 21.6. The van der Waals surface area contributed by atoms with Crippen LogP contribution in [0.3, 0.4) is 0 Å². The smallest absolute Gasteiger partial charge is 0.127 e. The number of rotatable bonds is 4. The van der Waals surface area contributed by atoms with Crippen molar-refractivity contribution in [3.8, 4) is 5.75 Å². The first-order chi connectivity index (χ1) is 10.3. The minimum atomic E-state index is 0.0702. The molecule has 104 valence electrons. The molecule has 0 amide bonds. The molecule has 3 aromatic rings. The van der Waals surface area contributed by atoms with E-state index in [9.17, 15) is 0 Å². The minimum absolute atomic E-state index is 0.0702. The van der Waals surface area contributed by atoms with Crippen molar-refractivity contribution in [2.24, 2.45) is 5.73 Å². The molecule has 0 saturated carbocycles. The zero-order valence-electron chi connectivity index (χ0n) is 11.5. The lowest BCUT2D eigenvalue weighted by Gasteiger charge is -2.12. The highest BCUT2D eigenvalue weighted by molar-refractivity contribution is 6.09. The Hall–Kier alpha value is -2.81. The topological polar surface area (TPSA) is 59.1 Å². The Bertz CT molecular complexity index is 782. The summed E-state index contributed by atoms with van der Waals surface area (Å²) in [4.78, 5) is 0. The van der Waals surface area contributed by atoms with E-state index in [1.807, 2.05) is 66.7 Å². The molecule has 3 N–H and O–H groups in total. The van der Waals surface area contributed by atoms with Gasteiger partial charge in [0.1, 0.15) is 18.2 Å². The molecular weight excluding hydrogens is 260 g/mol. The van der Waals surface area contributed by atoms with Crippen LogP contribution in [0.25, 0.3) is 10.8 Å². The fourth-order valence-electron chi connectivity index (χ4n) is 2.37. The number of benzene rings is 3. The van der Waals surface area contributed by atoms with Crippen molar-refractivity contribution in [1.29, 1.82) is 5.41 Å². The summed E-state index contributed by atoms with van der Waals surface area (Å²) in [5, 5.41) is 9.57. The first-order valence-electron chi connectivity index (χ1n) is 6.78. The monoisotopic (exact) mass is 276 g/mol. The van der Waals surface area contributed by atoms with E-state index in [1.165, 1.54) is 0 Å². The number of ether oxygens (including phenoxy) is 1. The Morgan fingerprint density at radius 3 is 2.24 bits per heavy atom. The van der Waals surface area contributed by atoms with Gasteiger partial charge in [-0.1, -0.05) is 54.6 Å². The Balaban J connectivity index is 1.96. The Kier molecular flexibility index (Phi) is 3.56. The average molecular weight is 276 g/mol. The first kappa shape index (κ1) is 13.2. The zero-order valence-corrected chi connectivity index (χ0v) is 11.5. The van der Waals surface area contributed by atoms with E-state index in [-0.39, 0.29) is 5.84 Å². The quantitative estimate of drug-likeness (QED) is 0.564. The molecule has 0 bridgehead atoms. The fourth-order valence-corrected chi connectivity index (χ4v) is 2.37. The summed E-state index contributed by atoms with van der Waals surface area (Å²) in [6.07, 6.45) is 0. The second-order valence-corrected chi connectivity index (χ2v) is 4.84. The lowest BCUT2D eigenvalue weighted by atomic mass is 10.0. The van der Waals surface area contributed by atoms with Gasteiger partial charge >= 0.3 is 0 Å². The molecule has 0 aliphatic heterocycles. The van der Waals surface area contributed by atoms with Crippen LogP contribution in [-0.4, -0.2) is 5.84 Å². The Morgan fingerprint density at radius 2 is 1.52 bits per heavy atom. The van der Waals surface area contributed by atoms with Gasteiger partial charge in [0.2, 0.25) is 0 Å². The summed E-state index contributed by atoms with van der Waals surface area (Å²) >= 11 is 0. The van der Waals surface area contributed by atoms with Crippen LogP contribution in [0.1, 0.15) is 11.1 Å². The highest BCUT2D eigenvalue weighted by Gasteiger charge is 2.08. The number of nitrogen functional groups attached to an aromatic ring is 1. The number of amidine groups is 1. The van der Waals surface area contributed by atoms with Crippen molar-refractivity contribution in [2.75, 3.05) is 0 Å². The van der Waals surface area contributed by atoms with Crippen LogP contribution in [-0.2, 0) is 6.61 Å². The van der Waals surface area contributed by atoms with Gasteiger partial charge in [0.15, 0.2) is 0 Å². The third-order valence-corrected chi connectivity index (χ3v) is 3.41. The maximum Gasteiger partial charge on any atom is 0.127 e. The third-order valence-electron chi connectivity index (χ3n) is 3.41. The minimum Gasteiger partial charge on any atom is -0.488 e. The number of hydrogen-bond acceptors (Lipinski definition) is 2. The van der Waals surface area contributed by atoms with Crippen molar-refractivity contribution in [3.05, 3.63) is 77.9 Å². The fraction of sp³-hybridized carbons (Fsp3) is 0.0556. The zero-order chi connectivity index (χ0) is 14.7. The Labute approximate surface area is 123 Å². The second-order valence-electron chi connectivity index (χ2n) is 4.84. The van der Waals surface area contributed by atoms with Crippen LogP contribution in [0.4, 0.5) is 0 Å². The van der Waals surface area contributed by atoms with Crippen LogP contribution in [0.15, 0.2) is 66.7 Å². The van der Waals surface area contributed by atoms with E-state index in [2.05, 4.69) is 0 Å². The van der Waals surface area contributed by atoms with Crippen LogP contribution in [0, 0.1) is 5.41 Å². The molecule has 0 atom stereocenters. The summed E-state index contributed by atoms with van der Waals surface area (Å²) in [5.74, 6) is 0.875. The van der Waals surface area contributed by atoms with E-state index >= 15 is 0 Å². The second kappa shape index (κ2) is 5.67. The van der Waals surface area contributed by atoms with Gasteiger partial charge in [-0.2, -0.15) is 0 Å². The number of hydrogen-bond donors (Lipinski definition) is 2. The van der Waals surface area contributed by atoms with Crippen molar-refractivity contribution in [1.82, 2.24) is 0 Å². The number of nitrogens with two attached hydrogens (primary N) is 1. The molecule has 0 aromatic heterocycles. The maximum absolute atomic E-state index is 7.66. The standard InChI is InChI=1S/C18H16N2O/c19-18(20)16-10-11-17(15-9-5-4-8-14(15)16)21-12-13-6-2-1-3-7-13/h1-11H,12H2,(H3,19,20). The van der Waals surface area contributed by atoms with Gasteiger partial charge in [-0.05, 0) is 23.1 Å². The normalized spacial score (nSPS) is 10.5. The first-order valence-corrected chi connectivity index (χ1v) is 6.78. The SMILES string of the molecule is N=C(N)c1ccc(OCc2ccccc2)c2ccccc12. The van der Waals surface area contributed by atoms with Crippen LogP contribution in [0.5, 0.6) is 5.75 Å². The predicted molar refractivity (Wildman–Crippen MR) is 85.7 cm³/mol. The summed E-state index contributed by atoms with van der Waals surface area (Å²) in [7, 11) is 0. The molecule has 21 heavy (non-hydrogen) atoms. The highest BCUT2D eigenvalue weighted by atomic mass is 16.5. The van der Waals surface area contributed by atoms with Gasteiger partial charge in [-0.25, -0.2) is 0 Å². The summed E-state index contributed by atoms with van der Waals surface area (Å²) in [5.41, 5.74) is 7.49. The molecule has 0 fully saturated rings. The molecular formula is C18H16N2O. The third kappa shape index (κ3) is 2.72. The molecule has 0 unspecified atom stereocenters. The molecule has 0 radical (unpaired) electrons. The Morgan fingerprint density at radius 1 is 0.857 bits per heavy atom. The largest absolute Gasteiger partial charge is 0.488 e. The maximum atomic E-state index is 7.66. The van der Waals surface area contributed by atoms with Gasteiger partial charge in [0.05, 0.1) is 0 Å². The highest BCUT2D eigenvalue weighted by Crippen LogP contribution is 2.29. The molecule has 0 saturated heterocycles. The van der Waals surface area contributed by atoms with Crippen LogP contribution < -0.4 is 10.5 Å². The van der Waals surface area contributed by atoms with E-state index < -0.39 is 0 Å². The van der Waals surface area contributed by atoms with E-state index in [1.54, 1.807) is 0 Å². The van der Waals surface area contributed by atoms with E-state index in [4.69, 9.17) is 15.9 Å². The number of fused-ring (bicyclic) bond motifs is 1. The lowest BCUT2D eigenvalue weighted by Crippen LogP contribution is -2.11. The van der Waals surface area contributed by atoms with Crippen molar-refractivity contribution in [2.45, 2.75) is 6.61 Å². The van der Waals surface area contributed by atoms with Gasteiger partial charge in [0, 0.05) is 10.9 Å². The average Bonchev–Trinajstić information content (AvgIpc) is 2.53. The van der Waals surface area contributed by atoms with Gasteiger partial charge < -0.3 is 10.5 Å². The molecule has 0 heterocycles. The molecule has 0 aliphatic carbocycles. The summed E-state index contributed by atoms with van der Waals surface area (Å²) in [6.45, 7) is 0.518. The van der Waals surface area contributed by atoms with Crippen LogP contribution >= 0.6 is 0 Å².